The molecular weight excluding hydrogens is 298 g/mol. The highest BCUT2D eigenvalue weighted by Gasteiger charge is 2.07. The fourth-order valence-corrected chi connectivity index (χ4v) is 2.73. The van der Waals surface area contributed by atoms with Gasteiger partial charge >= 0.3 is 0 Å². The Morgan fingerprint density at radius 2 is 1.63 bits per heavy atom. The van der Waals surface area contributed by atoms with Crippen molar-refractivity contribution in [3.63, 3.8) is 0 Å². The molecule has 2 aromatic rings. The van der Waals surface area contributed by atoms with E-state index in [1.807, 2.05) is 6.07 Å². The highest BCUT2D eigenvalue weighted by Crippen LogP contribution is 2.22. The monoisotopic (exact) mass is 317 g/mol. The van der Waals surface area contributed by atoms with E-state index >= 15 is 0 Å². The minimum Gasteiger partial charge on any atom is -0.306 e. The van der Waals surface area contributed by atoms with Crippen molar-refractivity contribution in [3.8, 4) is 0 Å². The molecule has 1 nitrogen and oxygen atoms in total. The van der Waals surface area contributed by atoms with Gasteiger partial charge in [0.15, 0.2) is 0 Å². The molecule has 100 valence electrons. The molecule has 0 aromatic heterocycles. The molecule has 0 saturated carbocycles. The zero-order valence-corrected chi connectivity index (χ0v) is 13.1. The number of benzene rings is 2. The van der Waals surface area contributed by atoms with Gasteiger partial charge in [-0.1, -0.05) is 65.3 Å². The number of nitrogens with one attached hydrogen (secondary N) is 1. The topological polar surface area (TPSA) is 12.0 Å². The van der Waals surface area contributed by atoms with Crippen LogP contribution in [0.4, 0.5) is 0 Å². The van der Waals surface area contributed by atoms with Crippen molar-refractivity contribution in [1.29, 1.82) is 0 Å². The van der Waals surface area contributed by atoms with Gasteiger partial charge in [-0.3, -0.25) is 0 Å². The van der Waals surface area contributed by atoms with Gasteiger partial charge in [-0.2, -0.15) is 0 Å². The first kappa shape index (κ1) is 14.3. The largest absolute Gasteiger partial charge is 0.306 e. The third-order valence-electron chi connectivity index (χ3n) is 3.42. The minimum absolute atomic E-state index is 0.335. The average molecular weight is 318 g/mol. The van der Waals surface area contributed by atoms with Gasteiger partial charge in [0.25, 0.3) is 0 Å². The molecule has 0 fully saturated rings. The number of hydrogen-bond acceptors (Lipinski definition) is 1. The van der Waals surface area contributed by atoms with Crippen LogP contribution >= 0.6 is 15.9 Å². The standard InChI is InChI=1S/C17H20BrN/c1-3-14-8-10-15(11-9-14)12-19-13(2)16-6-4-5-7-17(16)18/h4-11,13,19H,3,12H2,1-2H3. The Morgan fingerprint density at radius 1 is 1.00 bits per heavy atom. The van der Waals surface area contributed by atoms with Crippen molar-refractivity contribution in [3.05, 3.63) is 69.7 Å². The summed E-state index contributed by atoms with van der Waals surface area (Å²) in [6.07, 6.45) is 1.10. The van der Waals surface area contributed by atoms with Crippen molar-refractivity contribution in [2.75, 3.05) is 0 Å². The summed E-state index contributed by atoms with van der Waals surface area (Å²) in [6, 6.07) is 17.5. The number of aryl methyl sites for hydroxylation is 1. The quantitative estimate of drug-likeness (QED) is 0.830. The molecule has 0 amide bonds. The molecule has 1 unspecified atom stereocenters. The Bertz CT molecular complexity index is 519. The van der Waals surface area contributed by atoms with Gasteiger partial charge in [-0.15, -0.1) is 0 Å². The van der Waals surface area contributed by atoms with Gasteiger partial charge < -0.3 is 5.32 Å². The maximum Gasteiger partial charge on any atom is 0.0306 e. The van der Waals surface area contributed by atoms with E-state index in [1.54, 1.807) is 0 Å². The second kappa shape index (κ2) is 6.88. The van der Waals surface area contributed by atoms with Gasteiger partial charge in [0.05, 0.1) is 0 Å². The van der Waals surface area contributed by atoms with Crippen LogP contribution in [0.2, 0.25) is 0 Å². The maximum absolute atomic E-state index is 3.60. The SMILES string of the molecule is CCc1ccc(CNC(C)c2ccccc2Br)cc1. The third-order valence-corrected chi connectivity index (χ3v) is 4.14. The first-order valence-corrected chi connectivity index (χ1v) is 7.55. The summed E-state index contributed by atoms with van der Waals surface area (Å²) in [5, 5.41) is 3.56. The Morgan fingerprint density at radius 3 is 2.26 bits per heavy atom. The first-order valence-electron chi connectivity index (χ1n) is 6.76. The molecule has 2 aromatic carbocycles. The maximum atomic E-state index is 3.60. The zero-order valence-electron chi connectivity index (χ0n) is 11.5. The molecule has 0 spiro atoms. The van der Waals surface area contributed by atoms with Crippen LogP contribution in [0.25, 0.3) is 0 Å². The molecule has 1 N–H and O–H groups in total. The predicted octanol–water partition coefficient (Wildman–Crippen LogP) is 4.86. The predicted molar refractivity (Wildman–Crippen MR) is 85.2 cm³/mol. The molecule has 2 heteroatoms. The van der Waals surface area contributed by atoms with E-state index in [9.17, 15) is 0 Å². The highest BCUT2D eigenvalue weighted by molar-refractivity contribution is 9.10. The van der Waals surface area contributed by atoms with Crippen molar-refractivity contribution in [2.45, 2.75) is 32.9 Å². The van der Waals surface area contributed by atoms with E-state index in [0.717, 1.165) is 17.4 Å². The fourth-order valence-electron chi connectivity index (χ4n) is 2.10. The zero-order chi connectivity index (χ0) is 13.7. The van der Waals surface area contributed by atoms with Crippen LogP contribution in [0, 0.1) is 0 Å². The van der Waals surface area contributed by atoms with Crippen LogP contribution in [0.1, 0.15) is 36.6 Å². The average Bonchev–Trinajstić information content (AvgIpc) is 2.46. The molecule has 0 aliphatic carbocycles. The van der Waals surface area contributed by atoms with E-state index in [4.69, 9.17) is 0 Å². The summed E-state index contributed by atoms with van der Waals surface area (Å²) >= 11 is 3.60. The molecule has 0 bridgehead atoms. The lowest BCUT2D eigenvalue weighted by molar-refractivity contribution is 0.573. The van der Waals surface area contributed by atoms with E-state index in [0.29, 0.717) is 6.04 Å². The van der Waals surface area contributed by atoms with Crippen molar-refractivity contribution in [2.24, 2.45) is 0 Å². The summed E-state index contributed by atoms with van der Waals surface area (Å²) in [4.78, 5) is 0. The molecule has 19 heavy (non-hydrogen) atoms. The summed E-state index contributed by atoms with van der Waals surface area (Å²) in [7, 11) is 0. The van der Waals surface area contributed by atoms with Crippen LogP contribution in [-0.2, 0) is 13.0 Å². The van der Waals surface area contributed by atoms with Crippen LogP contribution in [0.3, 0.4) is 0 Å². The smallest absolute Gasteiger partial charge is 0.0306 e. The second-order valence-electron chi connectivity index (χ2n) is 4.79. The van der Waals surface area contributed by atoms with E-state index in [1.165, 1.54) is 16.7 Å². The minimum atomic E-state index is 0.335. The molecule has 0 heterocycles. The number of rotatable bonds is 5. The molecule has 2 rings (SSSR count). The lowest BCUT2D eigenvalue weighted by atomic mass is 10.1. The Kier molecular flexibility index (Phi) is 5.17. The number of halogens is 1. The van der Waals surface area contributed by atoms with E-state index in [2.05, 4.69) is 77.6 Å². The van der Waals surface area contributed by atoms with Crippen LogP contribution in [-0.4, -0.2) is 0 Å². The fraction of sp³-hybridized carbons (Fsp3) is 0.294. The Balaban J connectivity index is 1.96. The van der Waals surface area contributed by atoms with E-state index < -0.39 is 0 Å². The van der Waals surface area contributed by atoms with Crippen molar-refractivity contribution in [1.82, 2.24) is 5.32 Å². The molecule has 0 aliphatic heterocycles. The Labute approximate surface area is 124 Å². The van der Waals surface area contributed by atoms with Crippen LogP contribution in [0.5, 0.6) is 0 Å². The second-order valence-corrected chi connectivity index (χ2v) is 5.65. The van der Waals surface area contributed by atoms with Gasteiger partial charge in [-0.05, 0) is 36.1 Å². The van der Waals surface area contributed by atoms with Crippen LogP contribution < -0.4 is 5.32 Å². The third kappa shape index (κ3) is 3.92. The van der Waals surface area contributed by atoms with Crippen molar-refractivity contribution >= 4 is 15.9 Å². The Hall–Kier alpha value is -1.12. The van der Waals surface area contributed by atoms with Gasteiger partial charge in [0.1, 0.15) is 0 Å². The highest BCUT2D eigenvalue weighted by atomic mass is 79.9. The molecule has 0 aliphatic rings. The molecule has 1 atom stereocenters. The lowest BCUT2D eigenvalue weighted by Crippen LogP contribution is -2.18. The van der Waals surface area contributed by atoms with Crippen molar-refractivity contribution < 1.29 is 0 Å². The molecular formula is C17H20BrN. The van der Waals surface area contributed by atoms with Gasteiger partial charge in [-0.25, -0.2) is 0 Å². The first-order chi connectivity index (χ1) is 9.20. The lowest BCUT2D eigenvalue weighted by Gasteiger charge is -2.16. The normalized spacial score (nSPS) is 12.4. The summed E-state index contributed by atoms with van der Waals surface area (Å²) in [5.41, 5.74) is 4.02. The summed E-state index contributed by atoms with van der Waals surface area (Å²) in [6.45, 7) is 5.27. The van der Waals surface area contributed by atoms with Crippen LogP contribution in [0.15, 0.2) is 53.0 Å². The summed E-state index contributed by atoms with van der Waals surface area (Å²) in [5.74, 6) is 0. The van der Waals surface area contributed by atoms with Gasteiger partial charge in [0.2, 0.25) is 0 Å². The van der Waals surface area contributed by atoms with E-state index in [-0.39, 0.29) is 0 Å². The number of hydrogen-bond donors (Lipinski definition) is 1. The van der Waals surface area contributed by atoms with Gasteiger partial charge in [0, 0.05) is 17.1 Å². The molecule has 0 radical (unpaired) electrons. The summed E-state index contributed by atoms with van der Waals surface area (Å²) < 4.78 is 1.16. The molecule has 0 saturated heterocycles.